The lowest BCUT2D eigenvalue weighted by Gasteiger charge is -2.21. The van der Waals surface area contributed by atoms with Gasteiger partial charge in [0.1, 0.15) is 11.4 Å². The molecule has 24 heavy (non-hydrogen) atoms. The number of aromatic amines is 1. The molecular weight excluding hydrogens is 300 g/mol. The van der Waals surface area contributed by atoms with Crippen molar-refractivity contribution < 1.29 is 9.53 Å². The van der Waals surface area contributed by atoms with E-state index in [2.05, 4.69) is 31.1 Å². The molecule has 0 saturated heterocycles. The number of methoxy groups -OCH3 is 1. The Hall–Kier alpha value is -2.75. The van der Waals surface area contributed by atoms with Crippen molar-refractivity contribution in [3.8, 4) is 5.75 Å². The Morgan fingerprint density at radius 3 is 2.50 bits per heavy atom. The van der Waals surface area contributed by atoms with Gasteiger partial charge in [-0.25, -0.2) is 0 Å². The summed E-state index contributed by atoms with van der Waals surface area (Å²) in [5.41, 5.74) is 3.27. The summed E-state index contributed by atoms with van der Waals surface area (Å²) in [4.78, 5) is 15.8. The predicted octanol–water partition coefficient (Wildman–Crippen LogP) is 4.73. The molecule has 0 bridgehead atoms. The minimum Gasteiger partial charge on any atom is -0.495 e. The first-order chi connectivity index (χ1) is 11.4. The number of H-pyrrole nitrogens is 1. The molecular formula is C20H22N2O2. The van der Waals surface area contributed by atoms with Gasteiger partial charge in [-0.05, 0) is 35.2 Å². The second-order valence-electron chi connectivity index (χ2n) is 6.89. The van der Waals surface area contributed by atoms with Crippen LogP contribution in [0.2, 0.25) is 0 Å². The Labute approximate surface area is 141 Å². The largest absolute Gasteiger partial charge is 0.495 e. The summed E-state index contributed by atoms with van der Waals surface area (Å²) in [6, 6.07) is 15.6. The molecule has 2 N–H and O–H groups in total. The first kappa shape index (κ1) is 16.1. The molecule has 0 atom stereocenters. The van der Waals surface area contributed by atoms with Crippen LogP contribution in [0.1, 0.15) is 36.8 Å². The van der Waals surface area contributed by atoms with Gasteiger partial charge in [0.2, 0.25) is 0 Å². The van der Waals surface area contributed by atoms with Gasteiger partial charge >= 0.3 is 0 Å². The standard InChI is InChI=1S/C20H22N2O2/c1-20(2,3)14-9-10-18(24-4)16(12-14)22-19(23)17-11-13-7-5-6-8-15(13)21-17/h5-12,21H,1-4H3,(H,22,23). The molecule has 1 amide bonds. The number of hydrogen-bond acceptors (Lipinski definition) is 2. The number of nitrogens with one attached hydrogen (secondary N) is 2. The molecule has 1 heterocycles. The molecule has 4 heteroatoms. The lowest BCUT2D eigenvalue weighted by atomic mass is 9.87. The third-order valence-electron chi connectivity index (χ3n) is 4.09. The van der Waals surface area contributed by atoms with Gasteiger partial charge in [-0.1, -0.05) is 45.0 Å². The number of benzene rings is 2. The molecule has 3 aromatic rings. The van der Waals surface area contributed by atoms with E-state index in [1.54, 1.807) is 7.11 Å². The fourth-order valence-electron chi connectivity index (χ4n) is 2.66. The highest BCUT2D eigenvalue weighted by atomic mass is 16.5. The highest BCUT2D eigenvalue weighted by Crippen LogP contribution is 2.31. The smallest absolute Gasteiger partial charge is 0.272 e. The van der Waals surface area contributed by atoms with E-state index < -0.39 is 0 Å². The molecule has 2 aromatic carbocycles. The molecule has 0 aliphatic heterocycles. The van der Waals surface area contributed by atoms with Gasteiger partial charge in [0, 0.05) is 10.9 Å². The van der Waals surface area contributed by atoms with Crippen molar-refractivity contribution in [2.24, 2.45) is 0 Å². The molecule has 0 aliphatic rings. The minimum atomic E-state index is -0.185. The number of anilines is 1. The number of fused-ring (bicyclic) bond motifs is 1. The molecule has 1 aromatic heterocycles. The summed E-state index contributed by atoms with van der Waals surface area (Å²) >= 11 is 0. The van der Waals surface area contributed by atoms with Gasteiger partial charge < -0.3 is 15.0 Å². The Balaban J connectivity index is 1.93. The van der Waals surface area contributed by atoms with E-state index in [1.807, 2.05) is 48.5 Å². The number of rotatable bonds is 3. The monoisotopic (exact) mass is 322 g/mol. The van der Waals surface area contributed by atoms with E-state index >= 15 is 0 Å². The maximum Gasteiger partial charge on any atom is 0.272 e. The number of amides is 1. The highest BCUT2D eigenvalue weighted by molar-refractivity contribution is 6.06. The van der Waals surface area contributed by atoms with Gasteiger partial charge in [-0.15, -0.1) is 0 Å². The van der Waals surface area contributed by atoms with Crippen molar-refractivity contribution in [1.82, 2.24) is 4.98 Å². The maximum absolute atomic E-state index is 12.6. The molecule has 3 rings (SSSR count). The Morgan fingerprint density at radius 2 is 1.83 bits per heavy atom. The summed E-state index contributed by atoms with van der Waals surface area (Å²) in [5, 5.41) is 3.97. The molecule has 4 nitrogen and oxygen atoms in total. The van der Waals surface area contributed by atoms with Gasteiger partial charge in [0.05, 0.1) is 12.8 Å². The van der Waals surface area contributed by atoms with Crippen molar-refractivity contribution in [3.63, 3.8) is 0 Å². The molecule has 0 aliphatic carbocycles. The normalized spacial score (nSPS) is 11.5. The minimum absolute atomic E-state index is 0.00708. The first-order valence-electron chi connectivity index (χ1n) is 7.96. The molecule has 0 saturated carbocycles. The quantitative estimate of drug-likeness (QED) is 0.732. The van der Waals surface area contributed by atoms with Crippen molar-refractivity contribution in [1.29, 1.82) is 0 Å². The number of carbonyl (C=O) groups excluding carboxylic acids is 1. The van der Waals surface area contributed by atoms with Gasteiger partial charge in [0.25, 0.3) is 5.91 Å². The van der Waals surface area contributed by atoms with Crippen LogP contribution >= 0.6 is 0 Å². The van der Waals surface area contributed by atoms with Gasteiger partial charge in [0.15, 0.2) is 0 Å². The van der Waals surface area contributed by atoms with Gasteiger partial charge in [-0.3, -0.25) is 4.79 Å². The average molecular weight is 322 g/mol. The number of ether oxygens (including phenoxy) is 1. The average Bonchev–Trinajstić information content (AvgIpc) is 2.98. The number of aromatic nitrogens is 1. The first-order valence-corrected chi connectivity index (χ1v) is 7.96. The molecule has 0 radical (unpaired) electrons. The Bertz CT molecular complexity index is 855. The summed E-state index contributed by atoms with van der Waals surface area (Å²) in [6.07, 6.45) is 0. The van der Waals surface area contributed by atoms with E-state index in [9.17, 15) is 4.79 Å². The zero-order valence-corrected chi connectivity index (χ0v) is 14.4. The van der Waals surface area contributed by atoms with Crippen LogP contribution in [0.15, 0.2) is 48.5 Å². The molecule has 124 valence electrons. The lowest BCUT2D eigenvalue weighted by molar-refractivity contribution is 0.102. The number of hydrogen-bond donors (Lipinski definition) is 2. The van der Waals surface area contributed by atoms with Crippen LogP contribution in [0.25, 0.3) is 10.9 Å². The SMILES string of the molecule is COc1ccc(C(C)(C)C)cc1NC(=O)c1cc2ccccc2[nH]1. The van der Waals surface area contributed by atoms with Crippen molar-refractivity contribution in [3.05, 3.63) is 59.8 Å². The fraction of sp³-hybridized carbons (Fsp3) is 0.250. The second kappa shape index (κ2) is 6.04. The van der Waals surface area contributed by atoms with Crippen LogP contribution in [0, 0.1) is 0 Å². The molecule has 0 unspecified atom stereocenters. The van der Waals surface area contributed by atoms with E-state index in [1.165, 1.54) is 0 Å². The Morgan fingerprint density at radius 1 is 1.08 bits per heavy atom. The third kappa shape index (κ3) is 3.13. The predicted molar refractivity (Wildman–Crippen MR) is 97.9 cm³/mol. The van der Waals surface area contributed by atoms with E-state index in [4.69, 9.17) is 4.74 Å². The van der Waals surface area contributed by atoms with Crippen molar-refractivity contribution in [2.45, 2.75) is 26.2 Å². The van der Waals surface area contributed by atoms with Crippen molar-refractivity contribution in [2.75, 3.05) is 12.4 Å². The highest BCUT2D eigenvalue weighted by Gasteiger charge is 2.18. The molecule has 0 spiro atoms. The maximum atomic E-state index is 12.6. The van der Waals surface area contributed by atoms with Crippen LogP contribution in [-0.4, -0.2) is 18.0 Å². The zero-order chi connectivity index (χ0) is 17.3. The molecule has 0 fully saturated rings. The van der Waals surface area contributed by atoms with E-state index in [0.717, 1.165) is 16.5 Å². The third-order valence-corrected chi connectivity index (χ3v) is 4.09. The number of carbonyl (C=O) groups is 1. The fourth-order valence-corrected chi connectivity index (χ4v) is 2.66. The summed E-state index contributed by atoms with van der Waals surface area (Å²) in [7, 11) is 1.60. The summed E-state index contributed by atoms with van der Waals surface area (Å²) in [5.74, 6) is 0.461. The zero-order valence-electron chi connectivity index (χ0n) is 14.4. The van der Waals surface area contributed by atoms with Gasteiger partial charge in [-0.2, -0.15) is 0 Å². The van der Waals surface area contributed by atoms with Crippen molar-refractivity contribution >= 4 is 22.5 Å². The Kier molecular flexibility index (Phi) is 4.06. The summed E-state index contributed by atoms with van der Waals surface area (Å²) < 4.78 is 5.38. The topological polar surface area (TPSA) is 54.1 Å². The lowest BCUT2D eigenvalue weighted by Crippen LogP contribution is -2.15. The second-order valence-corrected chi connectivity index (χ2v) is 6.89. The van der Waals surface area contributed by atoms with Crippen LogP contribution < -0.4 is 10.1 Å². The summed E-state index contributed by atoms with van der Waals surface area (Å²) in [6.45, 7) is 6.41. The van der Waals surface area contributed by atoms with Crippen LogP contribution in [0.3, 0.4) is 0 Å². The van der Waals surface area contributed by atoms with Crippen LogP contribution in [0.5, 0.6) is 5.75 Å². The number of para-hydroxylation sites is 1. The van der Waals surface area contributed by atoms with E-state index in [-0.39, 0.29) is 11.3 Å². The van der Waals surface area contributed by atoms with Crippen LogP contribution in [0.4, 0.5) is 5.69 Å². The van der Waals surface area contributed by atoms with Crippen LogP contribution in [-0.2, 0) is 5.41 Å². The van der Waals surface area contributed by atoms with E-state index in [0.29, 0.717) is 17.1 Å².